The Kier molecular flexibility index (Phi) is 10.8. The molecule has 0 aliphatic carbocycles. The third-order valence-electron chi connectivity index (χ3n) is 7.29. The van der Waals surface area contributed by atoms with Crippen molar-refractivity contribution in [2.75, 3.05) is 0 Å². The van der Waals surface area contributed by atoms with E-state index in [1.54, 1.807) is 0 Å². The van der Waals surface area contributed by atoms with Crippen LogP contribution < -0.4 is 24.8 Å². The van der Waals surface area contributed by atoms with Crippen LogP contribution in [0.15, 0.2) is 150 Å². The quantitative estimate of drug-likeness (QED) is 0.263. The van der Waals surface area contributed by atoms with Crippen LogP contribution >= 0.6 is 0 Å². The van der Waals surface area contributed by atoms with E-state index in [0.29, 0.717) is 23.2 Å². The molecule has 5 aromatic rings. The summed E-state index contributed by atoms with van der Waals surface area (Å²) in [5.74, 6) is 1.03. The summed E-state index contributed by atoms with van der Waals surface area (Å²) in [6.45, 7) is 0. The van der Waals surface area contributed by atoms with E-state index in [1.807, 2.05) is 91.0 Å². The first-order valence-electron chi connectivity index (χ1n) is 13.5. The summed E-state index contributed by atoms with van der Waals surface area (Å²) < 4.78 is 13.0. The maximum atomic E-state index is 6.51. The normalized spacial score (nSPS) is 20.2. The second-order valence-corrected chi connectivity index (χ2v) is 9.89. The van der Waals surface area contributed by atoms with Crippen molar-refractivity contribution < 1.29 is 51.4 Å². The Labute approximate surface area is 274 Å². The fourth-order valence-corrected chi connectivity index (χ4v) is 5.33. The van der Waals surface area contributed by atoms with Crippen molar-refractivity contribution in [2.45, 2.75) is 24.3 Å². The predicted octanol–water partition coefficient (Wildman–Crippen LogP) is 1.61. The van der Waals surface area contributed by atoms with E-state index in [-0.39, 0.29) is 66.2 Å². The van der Waals surface area contributed by atoms with Gasteiger partial charge in [-0.1, -0.05) is 127 Å². The molecule has 8 heteroatoms. The van der Waals surface area contributed by atoms with E-state index < -0.39 is 0 Å². The van der Waals surface area contributed by atoms with Crippen LogP contribution in [0.1, 0.15) is 57.9 Å². The van der Waals surface area contributed by atoms with E-state index in [1.165, 1.54) is 0 Å². The molecular weight excluding hydrogens is 621 g/mol. The van der Waals surface area contributed by atoms with Crippen LogP contribution in [-0.4, -0.2) is 16.8 Å². The molecule has 4 atom stereocenters. The SMILES string of the molecule is [Cl-].[Cl-].[Fe+2].c1ccc(C2N=C(c3cccc(C4=NC(c5ccccc5)C(c5ccccc5)O4)n3)OC2c2ccccc2)cc1. The molecule has 0 bridgehead atoms. The largest absolute Gasteiger partial charge is 2.00 e. The van der Waals surface area contributed by atoms with Crippen LogP contribution in [0.25, 0.3) is 0 Å². The summed E-state index contributed by atoms with van der Waals surface area (Å²) in [4.78, 5) is 15.0. The van der Waals surface area contributed by atoms with Crippen LogP contribution in [0.3, 0.4) is 0 Å². The van der Waals surface area contributed by atoms with Crippen molar-refractivity contribution >= 4 is 11.8 Å². The second kappa shape index (κ2) is 14.5. The Bertz CT molecular complexity index is 1550. The number of hydrogen-bond donors (Lipinski definition) is 0. The van der Waals surface area contributed by atoms with Gasteiger partial charge in [-0.05, 0) is 34.4 Å². The first-order chi connectivity index (χ1) is 19.8. The van der Waals surface area contributed by atoms with Gasteiger partial charge in [-0.25, -0.2) is 15.0 Å². The predicted molar refractivity (Wildman–Crippen MR) is 156 cm³/mol. The van der Waals surface area contributed by atoms with Crippen molar-refractivity contribution in [3.63, 3.8) is 0 Å². The van der Waals surface area contributed by atoms with Gasteiger partial charge in [0.2, 0.25) is 11.8 Å². The minimum absolute atomic E-state index is 0. The summed E-state index contributed by atoms with van der Waals surface area (Å²) >= 11 is 0. The number of rotatable bonds is 6. The first-order valence-corrected chi connectivity index (χ1v) is 13.5. The van der Waals surface area contributed by atoms with Gasteiger partial charge in [0.1, 0.15) is 23.5 Å². The summed E-state index contributed by atoms with van der Waals surface area (Å²) in [5.41, 5.74) is 5.66. The molecule has 0 amide bonds. The molecule has 2 aliphatic heterocycles. The third kappa shape index (κ3) is 6.69. The molecule has 0 spiro atoms. The monoisotopic (exact) mass is 647 g/mol. The fraction of sp³-hybridized carbons (Fsp3) is 0.114. The number of halogens is 2. The number of aliphatic imine (C=N–C) groups is 2. The van der Waals surface area contributed by atoms with Crippen molar-refractivity contribution in [1.82, 2.24) is 4.98 Å². The molecule has 0 radical (unpaired) electrons. The Morgan fingerprint density at radius 2 is 0.721 bits per heavy atom. The average molecular weight is 648 g/mol. The van der Waals surface area contributed by atoms with Gasteiger partial charge in [-0.3, -0.25) is 0 Å². The zero-order valence-electron chi connectivity index (χ0n) is 22.9. The van der Waals surface area contributed by atoms with Crippen molar-refractivity contribution in [3.8, 4) is 0 Å². The summed E-state index contributed by atoms with van der Waals surface area (Å²) in [6.07, 6.45) is -0.483. The zero-order valence-corrected chi connectivity index (χ0v) is 25.5. The van der Waals surface area contributed by atoms with Crippen LogP contribution in [0, 0.1) is 0 Å². The van der Waals surface area contributed by atoms with Gasteiger partial charge in [-0.15, -0.1) is 0 Å². The number of pyridine rings is 1. The molecule has 2 aliphatic rings. The van der Waals surface area contributed by atoms with Crippen LogP contribution in [-0.2, 0) is 26.5 Å². The Hall–Kier alpha value is -3.93. The number of aromatic nitrogens is 1. The van der Waals surface area contributed by atoms with Crippen LogP contribution in [0.5, 0.6) is 0 Å². The smallest absolute Gasteiger partial charge is 1.00 e. The molecule has 0 fully saturated rings. The van der Waals surface area contributed by atoms with Crippen molar-refractivity contribution in [3.05, 3.63) is 173 Å². The van der Waals surface area contributed by atoms with Gasteiger partial charge < -0.3 is 34.3 Å². The van der Waals surface area contributed by atoms with Gasteiger partial charge in [0.15, 0.2) is 12.2 Å². The average Bonchev–Trinajstić information content (AvgIpc) is 3.69. The van der Waals surface area contributed by atoms with Gasteiger partial charge in [-0.2, -0.15) is 0 Å². The Morgan fingerprint density at radius 1 is 0.395 bits per heavy atom. The van der Waals surface area contributed by atoms with E-state index in [9.17, 15) is 0 Å². The minimum Gasteiger partial charge on any atom is -1.00 e. The summed E-state index contributed by atoms with van der Waals surface area (Å²) in [6, 6.07) is 46.4. The number of hydrogen-bond acceptors (Lipinski definition) is 5. The molecule has 4 unspecified atom stereocenters. The number of ether oxygens (including phenoxy) is 2. The standard InChI is InChI=1S/C35H27N3O2.2ClH.Fe/c1-5-14-24(15-6-1)30-32(26-18-9-3-10-19-26)39-34(37-30)28-22-13-23-29(36-28)35-38-31(25-16-7-2-8-17-25)33(40-35)27-20-11-4-12-21-27;;;/h1-23,30-33H;2*1H;/q;;;+2/p-2. The summed E-state index contributed by atoms with van der Waals surface area (Å²) in [7, 11) is 0. The van der Waals surface area contributed by atoms with Crippen molar-refractivity contribution in [1.29, 1.82) is 0 Å². The molecule has 43 heavy (non-hydrogen) atoms. The molecule has 7 rings (SSSR count). The molecule has 0 N–H and O–H groups in total. The van der Waals surface area contributed by atoms with Gasteiger partial charge in [0.25, 0.3) is 0 Å². The molecule has 0 saturated heterocycles. The molecule has 0 saturated carbocycles. The first kappa shape index (κ1) is 32.0. The molecular formula is C35H27Cl2FeN3O2. The molecule has 5 nitrogen and oxygen atoms in total. The summed E-state index contributed by atoms with van der Waals surface area (Å²) in [5, 5.41) is 0. The second-order valence-electron chi connectivity index (χ2n) is 9.89. The topological polar surface area (TPSA) is 56.1 Å². The Morgan fingerprint density at radius 3 is 1.07 bits per heavy atom. The maximum Gasteiger partial charge on any atom is 2.00 e. The Balaban J connectivity index is 0.00000141. The van der Waals surface area contributed by atoms with Gasteiger partial charge in [0.05, 0.1) is 0 Å². The van der Waals surface area contributed by atoms with Crippen LogP contribution in [0.2, 0.25) is 0 Å². The van der Waals surface area contributed by atoms with Crippen LogP contribution in [0.4, 0.5) is 0 Å². The number of nitrogens with zero attached hydrogens (tertiary/aromatic N) is 3. The minimum atomic E-state index is -0.242. The molecule has 216 valence electrons. The number of benzene rings is 4. The molecule has 3 heterocycles. The van der Waals surface area contributed by atoms with Gasteiger partial charge >= 0.3 is 17.1 Å². The molecule has 4 aromatic carbocycles. The van der Waals surface area contributed by atoms with Crippen molar-refractivity contribution in [2.24, 2.45) is 9.98 Å². The van der Waals surface area contributed by atoms with E-state index in [4.69, 9.17) is 24.4 Å². The van der Waals surface area contributed by atoms with E-state index >= 15 is 0 Å². The van der Waals surface area contributed by atoms with Gasteiger partial charge in [0, 0.05) is 0 Å². The van der Waals surface area contributed by atoms with E-state index in [0.717, 1.165) is 22.3 Å². The zero-order chi connectivity index (χ0) is 26.7. The third-order valence-corrected chi connectivity index (χ3v) is 7.29. The molecule has 1 aromatic heterocycles. The maximum absolute atomic E-state index is 6.51. The fourth-order valence-electron chi connectivity index (χ4n) is 5.33. The van der Waals surface area contributed by atoms with E-state index in [2.05, 4.69) is 48.5 Å².